The monoisotopic (exact) mass is 259 g/mol. The van der Waals surface area contributed by atoms with Crippen LogP contribution >= 0.6 is 0 Å². The molecule has 19 heavy (non-hydrogen) atoms. The normalized spacial score (nSPS) is 29.8. The van der Waals surface area contributed by atoms with Gasteiger partial charge in [0.05, 0.1) is 11.9 Å². The predicted molar refractivity (Wildman–Crippen MR) is 79.6 cm³/mol. The number of rotatable bonds is 4. The molecule has 0 saturated carbocycles. The van der Waals surface area contributed by atoms with Crippen molar-refractivity contribution < 1.29 is 0 Å². The fourth-order valence-corrected chi connectivity index (χ4v) is 3.73. The van der Waals surface area contributed by atoms with Gasteiger partial charge in [-0.1, -0.05) is 6.92 Å². The number of aryl methyl sites for hydroxylation is 1. The van der Waals surface area contributed by atoms with Gasteiger partial charge in [-0.05, 0) is 57.7 Å². The van der Waals surface area contributed by atoms with E-state index >= 15 is 0 Å². The van der Waals surface area contributed by atoms with E-state index in [9.17, 15) is 0 Å². The molecule has 0 aromatic carbocycles. The van der Waals surface area contributed by atoms with Gasteiger partial charge in [0.25, 0.3) is 0 Å². The summed E-state index contributed by atoms with van der Waals surface area (Å²) in [5, 5.41) is 3.71. The van der Waals surface area contributed by atoms with Gasteiger partial charge < -0.3 is 10.2 Å². The summed E-state index contributed by atoms with van der Waals surface area (Å²) in [7, 11) is 0. The largest absolute Gasteiger partial charge is 0.364 e. The number of pyridine rings is 1. The van der Waals surface area contributed by atoms with E-state index in [1.807, 2.05) is 0 Å². The molecular weight excluding hydrogens is 234 g/mol. The van der Waals surface area contributed by atoms with E-state index in [0.29, 0.717) is 0 Å². The maximum atomic E-state index is 4.46. The summed E-state index contributed by atoms with van der Waals surface area (Å²) in [5.74, 6) is 0. The molecular formula is C16H25N3. The smallest absolute Gasteiger partial charge is 0.0557 e. The maximum absolute atomic E-state index is 4.46. The molecule has 3 heterocycles. The lowest BCUT2D eigenvalue weighted by Gasteiger charge is -2.40. The molecule has 2 unspecified atom stereocenters. The molecule has 0 amide bonds. The summed E-state index contributed by atoms with van der Waals surface area (Å²) < 4.78 is 0. The maximum Gasteiger partial charge on any atom is 0.0557 e. The van der Waals surface area contributed by atoms with E-state index in [4.69, 9.17) is 0 Å². The van der Waals surface area contributed by atoms with Crippen molar-refractivity contribution in [3.63, 3.8) is 0 Å². The molecule has 0 radical (unpaired) electrons. The Labute approximate surface area is 116 Å². The third kappa shape index (κ3) is 2.62. The van der Waals surface area contributed by atoms with Gasteiger partial charge in [-0.25, -0.2) is 0 Å². The molecule has 2 aliphatic heterocycles. The quantitative estimate of drug-likeness (QED) is 0.901. The summed E-state index contributed by atoms with van der Waals surface area (Å²) in [5.41, 5.74) is 2.43. The highest BCUT2D eigenvalue weighted by Crippen LogP contribution is 2.39. The second kappa shape index (κ2) is 5.49. The predicted octanol–water partition coefficient (Wildman–Crippen LogP) is 2.89. The van der Waals surface area contributed by atoms with Crippen LogP contribution in [-0.4, -0.2) is 29.7 Å². The Morgan fingerprint density at radius 1 is 1.26 bits per heavy atom. The number of hydrogen-bond donors (Lipinski definition) is 1. The van der Waals surface area contributed by atoms with Crippen LogP contribution in [0.4, 0.5) is 5.69 Å². The summed E-state index contributed by atoms with van der Waals surface area (Å²) >= 11 is 0. The van der Waals surface area contributed by atoms with Gasteiger partial charge in [0.15, 0.2) is 0 Å². The lowest BCUT2D eigenvalue weighted by Crippen LogP contribution is -2.49. The molecule has 1 aromatic heterocycles. The minimum atomic E-state index is 0.720. The summed E-state index contributed by atoms with van der Waals surface area (Å²) in [6, 6.07) is 6.55. The Bertz CT molecular complexity index is 401. The number of nitrogens with one attached hydrogen (secondary N) is 1. The highest BCUT2D eigenvalue weighted by molar-refractivity contribution is 5.49. The second-order valence-electron chi connectivity index (χ2n) is 6.07. The van der Waals surface area contributed by atoms with Gasteiger partial charge >= 0.3 is 0 Å². The van der Waals surface area contributed by atoms with Gasteiger partial charge in [-0.15, -0.1) is 0 Å². The Morgan fingerprint density at radius 3 is 2.58 bits per heavy atom. The second-order valence-corrected chi connectivity index (χ2v) is 6.07. The van der Waals surface area contributed by atoms with Crippen LogP contribution in [0.15, 0.2) is 18.3 Å². The SMILES string of the molecule is CCCNC1CC2CCC(C1)N2c1ccc(C)nc1. The van der Waals surface area contributed by atoms with Crippen molar-refractivity contribution >= 4 is 5.69 Å². The van der Waals surface area contributed by atoms with E-state index in [-0.39, 0.29) is 0 Å². The number of hydrogen-bond acceptors (Lipinski definition) is 3. The first-order valence-electron chi connectivity index (χ1n) is 7.72. The topological polar surface area (TPSA) is 28.2 Å². The number of anilines is 1. The minimum Gasteiger partial charge on any atom is -0.364 e. The van der Waals surface area contributed by atoms with Gasteiger partial charge in [-0.2, -0.15) is 0 Å². The molecule has 2 bridgehead atoms. The molecule has 2 fully saturated rings. The standard InChI is InChI=1S/C16H25N3/c1-3-8-17-13-9-14-6-7-15(10-13)19(14)16-5-4-12(2)18-11-16/h4-5,11,13-15,17H,3,6-10H2,1-2H3. The van der Waals surface area contributed by atoms with E-state index in [1.165, 1.54) is 37.8 Å². The Hall–Kier alpha value is -1.09. The van der Waals surface area contributed by atoms with Crippen molar-refractivity contribution in [3.8, 4) is 0 Å². The Balaban J connectivity index is 1.71. The third-order valence-electron chi connectivity index (χ3n) is 4.61. The minimum absolute atomic E-state index is 0.720. The molecule has 104 valence electrons. The molecule has 1 N–H and O–H groups in total. The first-order chi connectivity index (χ1) is 9.28. The van der Waals surface area contributed by atoms with Crippen LogP contribution in [0.2, 0.25) is 0 Å². The van der Waals surface area contributed by atoms with Gasteiger partial charge in [-0.3, -0.25) is 4.98 Å². The van der Waals surface area contributed by atoms with E-state index in [1.54, 1.807) is 0 Å². The zero-order chi connectivity index (χ0) is 13.2. The van der Waals surface area contributed by atoms with Gasteiger partial charge in [0.1, 0.15) is 0 Å². The van der Waals surface area contributed by atoms with Crippen molar-refractivity contribution in [1.29, 1.82) is 0 Å². The fraction of sp³-hybridized carbons (Fsp3) is 0.688. The number of aromatic nitrogens is 1. The van der Waals surface area contributed by atoms with Crippen LogP contribution in [0.25, 0.3) is 0 Å². The lowest BCUT2D eigenvalue weighted by molar-refractivity contribution is 0.356. The molecule has 1 aromatic rings. The van der Waals surface area contributed by atoms with Crippen molar-refractivity contribution in [2.45, 2.75) is 64.1 Å². The summed E-state index contributed by atoms with van der Waals surface area (Å²) in [6.45, 7) is 5.46. The lowest BCUT2D eigenvalue weighted by atomic mass is 9.96. The van der Waals surface area contributed by atoms with Crippen LogP contribution in [0.3, 0.4) is 0 Å². The van der Waals surface area contributed by atoms with E-state index < -0.39 is 0 Å². The van der Waals surface area contributed by atoms with Crippen molar-refractivity contribution in [2.75, 3.05) is 11.4 Å². The number of nitrogens with zero attached hydrogens (tertiary/aromatic N) is 2. The number of fused-ring (bicyclic) bond motifs is 2. The third-order valence-corrected chi connectivity index (χ3v) is 4.61. The van der Waals surface area contributed by atoms with Gasteiger partial charge in [0, 0.05) is 23.8 Å². The summed E-state index contributed by atoms with van der Waals surface area (Å²) in [6.07, 6.45) is 8.58. The van der Waals surface area contributed by atoms with Crippen LogP contribution in [0.5, 0.6) is 0 Å². The molecule has 2 aliphatic rings. The molecule has 0 spiro atoms. The van der Waals surface area contributed by atoms with Crippen molar-refractivity contribution in [1.82, 2.24) is 10.3 Å². The van der Waals surface area contributed by atoms with Crippen LogP contribution in [0, 0.1) is 6.92 Å². The van der Waals surface area contributed by atoms with E-state index in [0.717, 1.165) is 30.4 Å². The Morgan fingerprint density at radius 2 is 2.00 bits per heavy atom. The highest BCUT2D eigenvalue weighted by Gasteiger charge is 2.40. The van der Waals surface area contributed by atoms with Crippen LogP contribution in [0.1, 0.15) is 44.7 Å². The molecule has 2 atom stereocenters. The fourth-order valence-electron chi connectivity index (χ4n) is 3.73. The van der Waals surface area contributed by atoms with E-state index in [2.05, 4.69) is 47.4 Å². The first-order valence-corrected chi connectivity index (χ1v) is 7.72. The van der Waals surface area contributed by atoms with Crippen LogP contribution in [-0.2, 0) is 0 Å². The Kier molecular flexibility index (Phi) is 3.74. The average molecular weight is 259 g/mol. The highest BCUT2D eigenvalue weighted by atomic mass is 15.2. The van der Waals surface area contributed by atoms with Gasteiger partial charge in [0.2, 0.25) is 0 Å². The zero-order valence-corrected chi connectivity index (χ0v) is 12.1. The zero-order valence-electron chi connectivity index (χ0n) is 12.1. The molecule has 2 saturated heterocycles. The molecule has 3 nitrogen and oxygen atoms in total. The first kappa shape index (κ1) is 12.9. The molecule has 3 heteroatoms. The van der Waals surface area contributed by atoms with Crippen molar-refractivity contribution in [3.05, 3.63) is 24.0 Å². The van der Waals surface area contributed by atoms with Crippen molar-refractivity contribution in [2.24, 2.45) is 0 Å². The average Bonchev–Trinajstić information content (AvgIpc) is 2.69. The molecule has 3 rings (SSSR count). The van der Waals surface area contributed by atoms with Crippen LogP contribution < -0.4 is 10.2 Å². The summed E-state index contributed by atoms with van der Waals surface area (Å²) in [4.78, 5) is 7.10. The molecule has 0 aliphatic carbocycles. The number of piperidine rings is 1.